The van der Waals surface area contributed by atoms with Gasteiger partial charge in [-0.15, -0.1) is 11.3 Å². The van der Waals surface area contributed by atoms with Crippen LogP contribution < -0.4 is 5.32 Å². The summed E-state index contributed by atoms with van der Waals surface area (Å²) in [7, 11) is 1.92. The third-order valence-corrected chi connectivity index (χ3v) is 3.50. The zero-order valence-corrected chi connectivity index (χ0v) is 10.5. The number of thiazole rings is 1. The van der Waals surface area contributed by atoms with Crippen molar-refractivity contribution in [1.29, 1.82) is 0 Å². The highest BCUT2D eigenvalue weighted by atomic mass is 32.1. The molecule has 0 aliphatic heterocycles. The van der Waals surface area contributed by atoms with Gasteiger partial charge in [-0.25, -0.2) is 4.39 Å². The normalized spacial score (nSPS) is 12.6. The standard InChI is InChI=1S/C13H15FN2S/c1-15-7-11(6-13-8-16-9-17-13)10-3-2-4-12(14)5-10/h2-5,8-9,11,15H,6-7H2,1H3. The molecule has 17 heavy (non-hydrogen) atoms. The van der Waals surface area contributed by atoms with Crippen LogP contribution in [0.15, 0.2) is 36.0 Å². The zero-order chi connectivity index (χ0) is 12.1. The number of halogens is 1. The van der Waals surface area contributed by atoms with Gasteiger partial charge in [-0.2, -0.15) is 0 Å². The van der Waals surface area contributed by atoms with Crippen LogP contribution in [-0.2, 0) is 6.42 Å². The van der Waals surface area contributed by atoms with E-state index < -0.39 is 0 Å². The van der Waals surface area contributed by atoms with Crippen LogP contribution in [0.5, 0.6) is 0 Å². The van der Waals surface area contributed by atoms with Crippen molar-refractivity contribution in [3.8, 4) is 0 Å². The summed E-state index contributed by atoms with van der Waals surface area (Å²) in [6, 6.07) is 6.84. The lowest BCUT2D eigenvalue weighted by molar-refractivity contribution is 0.602. The molecule has 1 unspecified atom stereocenters. The molecule has 90 valence electrons. The Hall–Kier alpha value is -1.26. The molecular weight excluding hydrogens is 235 g/mol. The third kappa shape index (κ3) is 3.35. The molecule has 0 saturated heterocycles. The van der Waals surface area contributed by atoms with Gasteiger partial charge in [0.25, 0.3) is 0 Å². The highest BCUT2D eigenvalue weighted by molar-refractivity contribution is 7.09. The maximum absolute atomic E-state index is 13.2. The predicted molar refractivity (Wildman–Crippen MR) is 68.9 cm³/mol. The van der Waals surface area contributed by atoms with Gasteiger partial charge < -0.3 is 5.32 Å². The Morgan fingerprint density at radius 1 is 1.47 bits per heavy atom. The van der Waals surface area contributed by atoms with E-state index in [-0.39, 0.29) is 11.7 Å². The molecule has 4 heteroatoms. The van der Waals surface area contributed by atoms with Crippen molar-refractivity contribution in [1.82, 2.24) is 10.3 Å². The zero-order valence-electron chi connectivity index (χ0n) is 9.69. The second-order valence-corrected chi connectivity index (χ2v) is 4.95. The SMILES string of the molecule is CNCC(Cc1cncs1)c1cccc(F)c1. The van der Waals surface area contributed by atoms with Gasteiger partial charge in [-0.05, 0) is 31.2 Å². The maximum atomic E-state index is 13.2. The Kier molecular flexibility index (Phi) is 4.23. The van der Waals surface area contributed by atoms with E-state index in [0.29, 0.717) is 0 Å². The summed E-state index contributed by atoms with van der Waals surface area (Å²) in [5, 5.41) is 3.16. The molecule has 1 aromatic heterocycles. The smallest absolute Gasteiger partial charge is 0.123 e. The van der Waals surface area contributed by atoms with E-state index in [1.165, 1.54) is 10.9 Å². The second-order valence-electron chi connectivity index (χ2n) is 3.98. The van der Waals surface area contributed by atoms with Crippen LogP contribution >= 0.6 is 11.3 Å². The summed E-state index contributed by atoms with van der Waals surface area (Å²) in [5.74, 6) is 0.115. The van der Waals surface area contributed by atoms with Crippen molar-refractivity contribution < 1.29 is 4.39 Å². The summed E-state index contributed by atoms with van der Waals surface area (Å²) in [4.78, 5) is 5.30. The molecule has 1 heterocycles. The minimum atomic E-state index is -0.173. The van der Waals surface area contributed by atoms with Crippen LogP contribution in [0.25, 0.3) is 0 Å². The van der Waals surface area contributed by atoms with Gasteiger partial charge in [-0.3, -0.25) is 4.98 Å². The van der Waals surface area contributed by atoms with Crippen LogP contribution in [0.3, 0.4) is 0 Å². The van der Waals surface area contributed by atoms with Gasteiger partial charge in [0, 0.05) is 23.5 Å². The van der Waals surface area contributed by atoms with E-state index in [1.807, 2.05) is 24.8 Å². The summed E-state index contributed by atoms with van der Waals surface area (Å²) < 4.78 is 13.2. The molecule has 0 bridgehead atoms. The Balaban J connectivity index is 2.16. The fourth-order valence-electron chi connectivity index (χ4n) is 1.90. The Morgan fingerprint density at radius 3 is 3.00 bits per heavy atom. The lowest BCUT2D eigenvalue weighted by Gasteiger charge is -2.16. The summed E-state index contributed by atoms with van der Waals surface area (Å²) >= 11 is 1.64. The van der Waals surface area contributed by atoms with Crippen LogP contribution in [0, 0.1) is 5.82 Å². The lowest BCUT2D eigenvalue weighted by Crippen LogP contribution is -2.19. The first kappa shape index (κ1) is 12.2. The van der Waals surface area contributed by atoms with Crippen molar-refractivity contribution in [3.05, 3.63) is 52.2 Å². The van der Waals surface area contributed by atoms with Crippen LogP contribution in [0.2, 0.25) is 0 Å². The Bertz CT molecular complexity index is 456. The Morgan fingerprint density at radius 2 is 2.35 bits per heavy atom. The number of benzene rings is 1. The number of likely N-dealkylation sites (N-methyl/N-ethyl adjacent to an activating group) is 1. The highest BCUT2D eigenvalue weighted by Crippen LogP contribution is 2.22. The number of aromatic nitrogens is 1. The fraction of sp³-hybridized carbons (Fsp3) is 0.308. The van der Waals surface area contributed by atoms with Gasteiger partial charge in [0.1, 0.15) is 5.82 Å². The Labute approximate surface area is 105 Å². The third-order valence-electron chi connectivity index (χ3n) is 2.70. The van der Waals surface area contributed by atoms with Gasteiger partial charge in [0.05, 0.1) is 5.51 Å². The summed E-state index contributed by atoms with van der Waals surface area (Å²) in [5.41, 5.74) is 2.87. The predicted octanol–water partition coefficient (Wildman–Crippen LogP) is 2.83. The van der Waals surface area contributed by atoms with Gasteiger partial charge in [-0.1, -0.05) is 12.1 Å². The topological polar surface area (TPSA) is 24.9 Å². The first-order valence-electron chi connectivity index (χ1n) is 5.57. The van der Waals surface area contributed by atoms with E-state index in [2.05, 4.69) is 10.3 Å². The highest BCUT2D eigenvalue weighted by Gasteiger charge is 2.13. The van der Waals surface area contributed by atoms with Crippen molar-refractivity contribution >= 4 is 11.3 Å². The van der Waals surface area contributed by atoms with Crippen molar-refractivity contribution in [3.63, 3.8) is 0 Å². The van der Waals surface area contributed by atoms with Crippen molar-refractivity contribution in [2.75, 3.05) is 13.6 Å². The largest absolute Gasteiger partial charge is 0.319 e. The molecule has 1 N–H and O–H groups in total. The van der Waals surface area contributed by atoms with Crippen molar-refractivity contribution in [2.24, 2.45) is 0 Å². The minimum Gasteiger partial charge on any atom is -0.319 e. The molecule has 1 aromatic carbocycles. The number of nitrogens with zero attached hydrogens (tertiary/aromatic N) is 1. The monoisotopic (exact) mass is 250 g/mol. The number of hydrogen-bond donors (Lipinski definition) is 1. The van der Waals surface area contributed by atoms with E-state index in [0.717, 1.165) is 18.5 Å². The maximum Gasteiger partial charge on any atom is 0.123 e. The molecule has 0 aliphatic carbocycles. The lowest BCUT2D eigenvalue weighted by atomic mass is 9.95. The van der Waals surface area contributed by atoms with E-state index in [4.69, 9.17) is 0 Å². The average molecular weight is 250 g/mol. The molecule has 2 aromatic rings. The first-order chi connectivity index (χ1) is 8.29. The first-order valence-corrected chi connectivity index (χ1v) is 6.45. The number of nitrogens with one attached hydrogen (secondary N) is 1. The van der Waals surface area contributed by atoms with E-state index >= 15 is 0 Å². The van der Waals surface area contributed by atoms with Gasteiger partial charge in [0.15, 0.2) is 0 Å². The molecule has 0 fully saturated rings. The number of rotatable bonds is 5. The minimum absolute atomic E-state index is 0.173. The van der Waals surface area contributed by atoms with E-state index in [9.17, 15) is 4.39 Å². The molecular formula is C13H15FN2S. The fourth-order valence-corrected chi connectivity index (χ4v) is 2.58. The quantitative estimate of drug-likeness (QED) is 0.882. The summed E-state index contributed by atoms with van der Waals surface area (Å²) in [6.45, 7) is 0.835. The molecule has 0 aliphatic rings. The van der Waals surface area contributed by atoms with E-state index in [1.54, 1.807) is 23.5 Å². The van der Waals surface area contributed by atoms with Gasteiger partial charge >= 0.3 is 0 Å². The molecule has 0 amide bonds. The molecule has 1 atom stereocenters. The molecule has 0 radical (unpaired) electrons. The molecule has 0 saturated carbocycles. The molecule has 0 spiro atoms. The van der Waals surface area contributed by atoms with Crippen LogP contribution in [-0.4, -0.2) is 18.6 Å². The number of hydrogen-bond acceptors (Lipinski definition) is 3. The molecule has 2 nitrogen and oxygen atoms in total. The van der Waals surface area contributed by atoms with Crippen LogP contribution in [0.1, 0.15) is 16.4 Å². The van der Waals surface area contributed by atoms with Crippen molar-refractivity contribution in [2.45, 2.75) is 12.3 Å². The van der Waals surface area contributed by atoms with Crippen LogP contribution in [0.4, 0.5) is 4.39 Å². The van der Waals surface area contributed by atoms with Gasteiger partial charge in [0.2, 0.25) is 0 Å². The molecule has 2 rings (SSSR count). The second kappa shape index (κ2) is 5.89. The summed E-state index contributed by atoms with van der Waals surface area (Å²) in [6.07, 6.45) is 2.78. The average Bonchev–Trinajstić information content (AvgIpc) is 2.81.